The molecule has 0 amide bonds. The highest BCUT2D eigenvalue weighted by Crippen LogP contribution is 2.29. The number of nitrogens with zero attached hydrogens (tertiary/aromatic N) is 1. The maximum Gasteiger partial charge on any atom is 0.272 e. The fourth-order valence-corrected chi connectivity index (χ4v) is 2.48. The molecule has 0 aromatic heterocycles. The number of non-ortho nitro benzene ring substituents is 1. The second kappa shape index (κ2) is 5.97. The van der Waals surface area contributed by atoms with Gasteiger partial charge in [-0.15, -0.1) is 0 Å². The Hall–Kier alpha value is -1.69. The highest BCUT2D eigenvalue weighted by Gasteiger charge is 2.21. The van der Waals surface area contributed by atoms with Crippen LogP contribution < -0.4 is 10.1 Å². The first kappa shape index (κ1) is 13.7. The van der Waals surface area contributed by atoms with Crippen LogP contribution in [0.3, 0.4) is 0 Å². The van der Waals surface area contributed by atoms with Crippen molar-refractivity contribution in [2.24, 2.45) is 0 Å². The largest absolute Gasteiger partial charge is 0.493 e. The van der Waals surface area contributed by atoms with E-state index in [0.29, 0.717) is 12.0 Å². The monoisotopic (exact) mass is 268 g/mol. The van der Waals surface area contributed by atoms with Crippen LogP contribution in [0.15, 0.2) is 12.1 Å². The van der Waals surface area contributed by atoms with Gasteiger partial charge in [-0.2, -0.15) is 0 Å². The van der Waals surface area contributed by atoms with Gasteiger partial charge in [0.2, 0.25) is 0 Å². The van der Waals surface area contributed by atoms with Crippen LogP contribution in [-0.2, 0) is 6.42 Å². The van der Waals surface area contributed by atoms with Crippen molar-refractivity contribution >= 4 is 5.69 Å². The molecule has 5 nitrogen and oxygen atoms in total. The molecule has 0 saturated carbocycles. The van der Waals surface area contributed by atoms with E-state index >= 15 is 0 Å². The molecule has 1 saturated heterocycles. The Morgan fingerprint density at radius 1 is 1.53 bits per heavy atom. The third-order valence-electron chi connectivity index (χ3n) is 3.40. The zero-order valence-electron chi connectivity index (χ0n) is 10.8. The molecule has 1 N–H and O–H groups in total. The van der Waals surface area contributed by atoms with E-state index in [-0.39, 0.29) is 17.5 Å². The first-order valence-electron chi connectivity index (χ1n) is 6.36. The van der Waals surface area contributed by atoms with Gasteiger partial charge in [0.15, 0.2) is 11.6 Å². The Kier molecular flexibility index (Phi) is 4.31. The standard InChI is InChI=1S/C13H17FN2O3/c1-19-13-9(6-10-4-2-3-5-15-10)7-11(16(17)18)8-12(13)14/h7-8,10,15H,2-6H2,1H3. The van der Waals surface area contributed by atoms with Crippen LogP contribution >= 0.6 is 0 Å². The van der Waals surface area contributed by atoms with Crippen molar-refractivity contribution in [2.75, 3.05) is 13.7 Å². The van der Waals surface area contributed by atoms with Crippen LogP contribution in [0.1, 0.15) is 24.8 Å². The van der Waals surface area contributed by atoms with Crippen LogP contribution in [0.5, 0.6) is 5.75 Å². The van der Waals surface area contributed by atoms with E-state index in [1.165, 1.54) is 13.2 Å². The van der Waals surface area contributed by atoms with Crippen molar-refractivity contribution in [3.63, 3.8) is 0 Å². The maximum absolute atomic E-state index is 13.8. The highest BCUT2D eigenvalue weighted by molar-refractivity contribution is 5.45. The molecule has 1 aromatic carbocycles. The van der Waals surface area contributed by atoms with Crippen LogP contribution in [0, 0.1) is 15.9 Å². The first-order chi connectivity index (χ1) is 9.11. The molecule has 1 unspecified atom stereocenters. The van der Waals surface area contributed by atoms with Gasteiger partial charge in [0.1, 0.15) is 0 Å². The average molecular weight is 268 g/mol. The summed E-state index contributed by atoms with van der Waals surface area (Å²) >= 11 is 0. The number of methoxy groups -OCH3 is 1. The van der Waals surface area contributed by atoms with Gasteiger partial charge in [0.25, 0.3) is 5.69 Å². The van der Waals surface area contributed by atoms with E-state index in [2.05, 4.69) is 5.32 Å². The van der Waals surface area contributed by atoms with Crippen LogP contribution in [0.4, 0.5) is 10.1 Å². The third kappa shape index (κ3) is 3.20. The second-order valence-electron chi connectivity index (χ2n) is 4.73. The fraction of sp³-hybridized carbons (Fsp3) is 0.538. The summed E-state index contributed by atoms with van der Waals surface area (Å²) in [4.78, 5) is 10.2. The minimum atomic E-state index is -0.678. The van der Waals surface area contributed by atoms with Gasteiger partial charge >= 0.3 is 0 Å². The molecule has 0 bridgehead atoms. The number of hydrogen-bond acceptors (Lipinski definition) is 4. The molecule has 2 rings (SSSR count). The molecular formula is C13H17FN2O3. The lowest BCUT2D eigenvalue weighted by Crippen LogP contribution is -2.35. The van der Waals surface area contributed by atoms with Gasteiger partial charge in [-0.1, -0.05) is 6.42 Å². The summed E-state index contributed by atoms with van der Waals surface area (Å²) in [5.74, 6) is -0.569. The summed E-state index contributed by atoms with van der Waals surface area (Å²) in [7, 11) is 1.38. The Morgan fingerprint density at radius 2 is 2.32 bits per heavy atom. The van der Waals surface area contributed by atoms with Gasteiger partial charge in [0, 0.05) is 17.7 Å². The number of ether oxygens (including phenoxy) is 1. The third-order valence-corrected chi connectivity index (χ3v) is 3.40. The smallest absolute Gasteiger partial charge is 0.272 e. The number of nitro benzene ring substituents is 1. The summed E-state index contributed by atoms with van der Waals surface area (Å²) in [6, 6.07) is 2.53. The molecule has 6 heteroatoms. The van der Waals surface area contributed by atoms with Gasteiger partial charge in [-0.05, 0) is 25.8 Å². The van der Waals surface area contributed by atoms with E-state index < -0.39 is 10.7 Å². The summed E-state index contributed by atoms with van der Waals surface area (Å²) in [6.45, 7) is 0.935. The molecule has 0 radical (unpaired) electrons. The van der Waals surface area contributed by atoms with Crippen molar-refractivity contribution in [2.45, 2.75) is 31.7 Å². The van der Waals surface area contributed by atoms with Gasteiger partial charge in [-0.25, -0.2) is 4.39 Å². The minimum absolute atomic E-state index is 0.109. The highest BCUT2D eigenvalue weighted by atomic mass is 19.1. The summed E-state index contributed by atoms with van der Waals surface area (Å²) in [5.41, 5.74) is 0.317. The van der Waals surface area contributed by atoms with Crippen molar-refractivity contribution in [3.05, 3.63) is 33.6 Å². The van der Waals surface area contributed by atoms with E-state index in [4.69, 9.17) is 4.74 Å². The Labute approximate surface area is 110 Å². The van der Waals surface area contributed by atoms with E-state index in [0.717, 1.165) is 31.9 Å². The number of hydrogen-bond donors (Lipinski definition) is 1. The second-order valence-corrected chi connectivity index (χ2v) is 4.73. The molecule has 1 heterocycles. The normalized spacial score (nSPS) is 19.2. The lowest BCUT2D eigenvalue weighted by Gasteiger charge is -2.24. The van der Waals surface area contributed by atoms with E-state index in [9.17, 15) is 14.5 Å². The SMILES string of the molecule is COc1c(F)cc([N+](=O)[O-])cc1CC1CCCCN1. The molecule has 1 aliphatic rings. The molecule has 1 aromatic rings. The summed E-state index contributed by atoms with van der Waals surface area (Å²) in [6.07, 6.45) is 3.80. The Bertz CT molecular complexity index is 473. The van der Waals surface area contributed by atoms with Gasteiger partial charge < -0.3 is 10.1 Å². The predicted octanol–water partition coefficient (Wildman–Crippen LogP) is 2.43. The topological polar surface area (TPSA) is 64.4 Å². The number of rotatable bonds is 4. The fourth-order valence-electron chi connectivity index (χ4n) is 2.48. The summed E-state index contributed by atoms with van der Waals surface area (Å²) in [5, 5.41) is 14.1. The molecule has 1 atom stereocenters. The zero-order chi connectivity index (χ0) is 13.8. The Balaban J connectivity index is 2.27. The number of benzene rings is 1. The van der Waals surface area contributed by atoms with Crippen molar-refractivity contribution in [1.82, 2.24) is 5.32 Å². The molecule has 104 valence electrons. The zero-order valence-corrected chi connectivity index (χ0v) is 10.8. The lowest BCUT2D eigenvalue weighted by atomic mass is 9.97. The van der Waals surface area contributed by atoms with E-state index in [1.807, 2.05) is 0 Å². The Morgan fingerprint density at radius 3 is 2.89 bits per heavy atom. The predicted molar refractivity (Wildman–Crippen MR) is 69.0 cm³/mol. The van der Waals surface area contributed by atoms with Crippen molar-refractivity contribution in [3.8, 4) is 5.75 Å². The number of nitrogens with one attached hydrogen (secondary N) is 1. The van der Waals surface area contributed by atoms with E-state index in [1.54, 1.807) is 0 Å². The summed E-state index contributed by atoms with van der Waals surface area (Å²) < 4.78 is 18.8. The van der Waals surface area contributed by atoms with Crippen LogP contribution in [0.25, 0.3) is 0 Å². The van der Waals surface area contributed by atoms with Gasteiger partial charge in [-0.3, -0.25) is 10.1 Å². The van der Waals surface area contributed by atoms with Crippen molar-refractivity contribution < 1.29 is 14.1 Å². The maximum atomic E-state index is 13.8. The number of piperidine rings is 1. The molecule has 0 spiro atoms. The number of halogens is 1. The first-order valence-corrected chi connectivity index (χ1v) is 6.36. The van der Waals surface area contributed by atoms with Gasteiger partial charge in [0.05, 0.1) is 18.1 Å². The van der Waals surface area contributed by atoms with Crippen LogP contribution in [0.2, 0.25) is 0 Å². The lowest BCUT2D eigenvalue weighted by molar-refractivity contribution is -0.385. The van der Waals surface area contributed by atoms with Crippen LogP contribution in [-0.4, -0.2) is 24.6 Å². The average Bonchev–Trinajstić information content (AvgIpc) is 2.39. The molecule has 1 fully saturated rings. The molecule has 1 aliphatic heterocycles. The number of nitro groups is 1. The quantitative estimate of drug-likeness (QED) is 0.673. The minimum Gasteiger partial charge on any atom is -0.493 e. The molecule has 0 aliphatic carbocycles. The molecular weight excluding hydrogens is 251 g/mol. The van der Waals surface area contributed by atoms with Crippen molar-refractivity contribution in [1.29, 1.82) is 0 Å². The molecule has 19 heavy (non-hydrogen) atoms.